The molecular weight excluding hydrogens is 637 g/mol. The minimum Gasteiger partial charge on any atom is -0.488 e. The molecular formula is C36H40F4O4S2. The highest BCUT2D eigenvalue weighted by Gasteiger charge is 2.76. The van der Waals surface area contributed by atoms with E-state index in [2.05, 4.69) is 0 Å². The topological polar surface area (TPSA) is 52.6 Å². The van der Waals surface area contributed by atoms with E-state index in [9.17, 15) is 8.42 Å². The Morgan fingerprint density at radius 3 is 1.72 bits per heavy atom. The lowest BCUT2D eigenvalue weighted by atomic mass is 9.66. The van der Waals surface area contributed by atoms with Gasteiger partial charge in [0.25, 0.3) is 0 Å². The van der Waals surface area contributed by atoms with E-state index >= 15 is 17.6 Å². The summed E-state index contributed by atoms with van der Waals surface area (Å²) in [6.45, 7) is 5.61. The normalized spacial score (nSPS) is 29.6. The summed E-state index contributed by atoms with van der Waals surface area (Å²) in [5, 5.41) is -5.46. The number of hydrogen-bond acceptors (Lipinski definition) is 4. The van der Waals surface area contributed by atoms with Gasteiger partial charge in [-0.05, 0) is 147 Å². The van der Waals surface area contributed by atoms with Gasteiger partial charge in [-0.2, -0.15) is 26.0 Å². The van der Waals surface area contributed by atoms with Crippen LogP contribution in [0.3, 0.4) is 0 Å². The Hall–Kier alpha value is -2.56. The quantitative estimate of drug-likeness (QED) is 0.167. The lowest BCUT2D eigenvalue weighted by Crippen LogP contribution is -2.55. The van der Waals surface area contributed by atoms with Crippen LogP contribution in [0.4, 0.5) is 17.6 Å². The zero-order chi connectivity index (χ0) is 32.7. The van der Waals surface area contributed by atoms with Gasteiger partial charge in [-0.25, -0.2) is 3.63 Å². The number of alkyl halides is 4. The smallest absolute Gasteiger partial charge is 0.432 e. The molecule has 0 aliphatic heterocycles. The molecule has 4 saturated carbocycles. The van der Waals surface area contributed by atoms with Gasteiger partial charge < -0.3 is 4.74 Å². The summed E-state index contributed by atoms with van der Waals surface area (Å²) >= 11 is 0. The fourth-order valence-electron chi connectivity index (χ4n) is 9.35. The van der Waals surface area contributed by atoms with Gasteiger partial charge in [0.15, 0.2) is 0 Å². The van der Waals surface area contributed by atoms with E-state index in [4.69, 9.17) is 8.37 Å². The summed E-state index contributed by atoms with van der Waals surface area (Å²) in [6.07, 6.45) is 3.42. The second-order valence-corrected chi connectivity index (χ2v) is 19.0. The van der Waals surface area contributed by atoms with Crippen molar-refractivity contribution in [2.45, 2.75) is 84.3 Å². The average molecular weight is 677 g/mol. The molecule has 4 nitrogen and oxygen atoms in total. The molecule has 3 aromatic carbocycles. The van der Waals surface area contributed by atoms with Crippen LogP contribution in [0.15, 0.2) is 99.6 Å². The molecule has 4 aliphatic carbocycles. The third-order valence-corrected chi connectivity index (χ3v) is 16.1. The van der Waals surface area contributed by atoms with Crippen LogP contribution >= 0.6 is 10.3 Å². The number of fused-ring (bicyclic) bond motifs is 9. The van der Waals surface area contributed by atoms with Gasteiger partial charge in [-0.15, -0.1) is 0 Å². The van der Waals surface area contributed by atoms with Crippen molar-refractivity contribution in [2.24, 2.45) is 41.4 Å². The van der Waals surface area contributed by atoms with E-state index in [1.54, 1.807) is 84.9 Å². The Labute approximate surface area is 270 Å². The first-order valence-corrected chi connectivity index (χ1v) is 19.1. The van der Waals surface area contributed by atoms with Gasteiger partial charge in [-0.3, -0.25) is 0 Å². The molecule has 10 heteroatoms. The fraction of sp³-hybridized carbons (Fsp3) is 0.500. The molecule has 4 fully saturated rings. The fourth-order valence-corrected chi connectivity index (χ4v) is 14.6. The van der Waals surface area contributed by atoms with Crippen molar-refractivity contribution in [3.05, 3.63) is 84.9 Å². The maximum absolute atomic E-state index is 16.3. The second kappa shape index (κ2) is 11.0. The van der Waals surface area contributed by atoms with Crippen LogP contribution in [0.1, 0.15) is 52.9 Å². The first-order valence-electron chi connectivity index (χ1n) is 16.1. The van der Waals surface area contributed by atoms with Crippen molar-refractivity contribution >= 4 is 20.4 Å². The molecule has 7 rings (SSSR count). The van der Waals surface area contributed by atoms with Gasteiger partial charge in [0.1, 0.15) is 11.4 Å². The first-order chi connectivity index (χ1) is 21.7. The predicted octanol–water partition coefficient (Wildman–Crippen LogP) is 9.95. The lowest BCUT2D eigenvalue weighted by Gasteiger charge is -2.44. The van der Waals surface area contributed by atoms with Crippen molar-refractivity contribution in [3.63, 3.8) is 0 Å². The molecule has 7 atom stereocenters. The molecule has 7 unspecified atom stereocenters. The first kappa shape index (κ1) is 32.0. The van der Waals surface area contributed by atoms with Gasteiger partial charge in [0.2, 0.25) is 0 Å². The zero-order valence-corrected chi connectivity index (χ0v) is 27.8. The van der Waals surface area contributed by atoms with Crippen molar-refractivity contribution in [2.75, 3.05) is 0 Å². The Morgan fingerprint density at radius 2 is 1.17 bits per heavy atom. The summed E-state index contributed by atoms with van der Waals surface area (Å²) in [7, 11) is -9.73. The Bertz CT molecular complexity index is 1640. The summed E-state index contributed by atoms with van der Waals surface area (Å²) < 4.78 is 105. The average Bonchev–Trinajstić information content (AvgIpc) is 3.82. The van der Waals surface area contributed by atoms with Crippen LogP contribution in [-0.4, -0.2) is 25.2 Å². The van der Waals surface area contributed by atoms with Crippen LogP contribution in [0.25, 0.3) is 0 Å². The highest BCUT2D eigenvalue weighted by Crippen LogP contribution is 2.74. The van der Waals surface area contributed by atoms with Gasteiger partial charge in [-0.1, -0.05) is 36.4 Å². The number of halogens is 4. The highest BCUT2D eigenvalue weighted by molar-refractivity contribution is 8.33. The molecule has 3 aromatic rings. The molecule has 4 aliphatic rings. The molecule has 0 N–H and O–H groups in total. The number of ether oxygens (including phenoxy) is 1. The molecule has 4 bridgehead atoms. The van der Waals surface area contributed by atoms with Crippen molar-refractivity contribution in [3.8, 4) is 5.75 Å². The summed E-state index contributed by atoms with van der Waals surface area (Å²) in [6, 6.07) is 22.6. The van der Waals surface area contributed by atoms with Crippen molar-refractivity contribution in [1.82, 2.24) is 0 Å². The predicted molar refractivity (Wildman–Crippen MR) is 170 cm³/mol. The van der Waals surface area contributed by atoms with Crippen LogP contribution in [0, 0.1) is 41.4 Å². The number of benzene rings is 3. The van der Waals surface area contributed by atoms with Crippen LogP contribution in [0.2, 0.25) is 0 Å². The van der Waals surface area contributed by atoms with Crippen LogP contribution in [0.5, 0.6) is 5.75 Å². The van der Waals surface area contributed by atoms with E-state index in [0.29, 0.717) is 24.0 Å². The monoisotopic (exact) mass is 676 g/mol. The molecule has 0 aromatic heterocycles. The maximum atomic E-state index is 16.3. The summed E-state index contributed by atoms with van der Waals surface area (Å²) in [5.41, 5.74) is -0.532. The molecule has 0 radical (unpaired) electrons. The minimum atomic E-state index is -6.22. The van der Waals surface area contributed by atoms with E-state index in [1.807, 2.05) is 20.8 Å². The third-order valence-electron chi connectivity index (χ3n) is 10.8. The SMILES string of the molecule is CC(C)(C)Oc1ccc(S(OS(=O)(=O)C(F)(F)C(F)(F)C2CC3CC2C2C4CCC(C4)C32)(c2ccccc2)c2ccccc2)cc1. The van der Waals surface area contributed by atoms with Gasteiger partial charge in [0.05, 0.1) is 0 Å². The molecule has 0 spiro atoms. The van der Waals surface area contributed by atoms with Crippen molar-refractivity contribution in [1.29, 1.82) is 0 Å². The maximum Gasteiger partial charge on any atom is 0.432 e. The molecule has 0 saturated heterocycles. The molecule has 46 heavy (non-hydrogen) atoms. The van der Waals surface area contributed by atoms with E-state index in [-0.39, 0.29) is 38.9 Å². The Balaban J connectivity index is 1.30. The van der Waals surface area contributed by atoms with Gasteiger partial charge in [0, 0.05) is 20.6 Å². The standard InChI is InChI=1S/C36H40F4O4S2/c1-34(2,3)43-26-16-18-29(19-17-26)45(27-10-6-4-7-11-27,28-12-8-5-9-13-28)44-46(41,42)36(39,40)35(37,38)31-22-25-21-30(31)33-24-15-14-23(20-24)32(25)33/h4-13,16-19,23-25,30-33H,14-15,20-22H2,1-3H3. The highest BCUT2D eigenvalue weighted by atomic mass is 32.3. The van der Waals surface area contributed by atoms with Gasteiger partial charge >= 0.3 is 21.3 Å². The zero-order valence-electron chi connectivity index (χ0n) is 26.1. The molecule has 248 valence electrons. The largest absolute Gasteiger partial charge is 0.488 e. The molecule has 0 amide bonds. The Kier molecular flexibility index (Phi) is 7.65. The van der Waals surface area contributed by atoms with Crippen LogP contribution in [-0.2, 0) is 13.7 Å². The second-order valence-electron chi connectivity index (χ2n) is 14.5. The van der Waals surface area contributed by atoms with E-state index < -0.39 is 49.0 Å². The van der Waals surface area contributed by atoms with E-state index in [0.717, 1.165) is 19.3 Å². The number of rotatable bonds is 9. The third kappa shape index (κ3) is 4.91. The van der Waals surface area contributed by atoms with Crippen LogP contribution < -0.4 is 4.74 Å². The van der Waals surface area contributed by atoms with Crippen molar-refractivity contribution < 1.29 is 34.3 Å². The minimum absolute atomic E-state index is 0.0139. The molecule has 0 heterocycles. The Morgan fingerprint density at radius 1 is 0.652 bits per heavy atom. The number of hydrogen-bond donors (Lipinski definition) is 0. The summed E-state index contributed by atoms with van der Waals surface area (Å²) in [4.78, 5) is 0.801. The lowest BCUT2D eigenvalue weighted by molar-refractivity contribution is -0.209. The van der Waals surface area contributed by atoms with E-state index in [1.165, 1.54) is 0 Å². The summed E-state index contributed by atoms with van der Waals surface area (Å²) in [5.74, 6) is -5.61.